The van der Waals surface area contributed by atoms with Crippen LogP contribution in [0.15, 0.2) is 174 Å². The van der Waals surface area contributed by atoms with E-state index >= 15 is 0 Å². The number of hydrogen-bond donors (Lipinski definition) is 0. The molecule has 0 saturated carbocycles. The van der Waals surface area contributed by atoms with E-state index in [9.17, 15) is 0 Å². The summed E-state index contributed by atoms with van der Waals surface area (Å²) in [6, 6.07) is 60.8. The lowest BCUT2D eigenvalue weighted by Gasteiger charge is -2.15. The number of furan rings is 1. The first-order valence-corrected chi connectivity index (χ1v) is 19.4. The summed E-state index contributed by atoms with van der Waals surface area (Å²) in [5.74, 6) is 0.765. The Kier molecular flexibility index (Phi) is 5.45. The van der Waals surface area contributed by atoms with Crippen LogP contribution in [0, 0.1) is 0 Å². The average molecular weight is 725 g/mol. The number of nitrogens with zero attached hydrogens (tertiary/aromatic N) is 4. The quantitative estimate of drug-likeness (QED) is 0.167. The van der Waals surface area contributed by atoms with E-state index < -0.39 is 0 Å². The van der Waals surface area contributed by atoms with Crippen molar-refractivity contribution in [3.8, 4) is 17.1 Å². The van der Waals surface area contributed by atoms with Crippen LogP contribution >= 0.6 is 0 Å². The maximum atomic E-state index is 7.06. The molecular weight excluding hydrogens is 697 g/mol. The third-order valence-corrected chi connectivity index (χ3v) is 12.4. The molecule has 0 atom stereocenters. The molecule has 5 aromatic heterocycles. The second-order valence-corrected chi connectivity index (χ2v) is 15.3. The number of hydrogen-bond acceptors (Lipinski definition) is 3. The summed E-state index contributed by atoms with van der Waals surface area (Å²) in [6.07, 6.45) is 0. The van der Waals surface area contributed by atoms with Crippen LogP contribution in [-0.4, -0.2) is 18.9 Å². The summed E-state index contributed by atoms with van der Waals surface area (Å²) in [6.45, 7) is 0. The van der Waals surface area contributed by atoms with Crippen molar-refractivity contribution in [3.63, 3.8) is 0 Å². The molecule has 14 rings (SSSR count). The zero-order valence-electron chi connectivity index (χ0n) is 30.4. The summed E-state index contributed by atoms with van der Waals surface area (Å²) in [7, 11) is 0. The van der Waals surface area contributed by atoms with Crippen LogP contribution in [-0.2, 0) is 0 Å². The second kappa shape index (κ2) is 10.5. The molecule has 0 fully saturated rings. The topological polar surface area (TPSA) is 48.3 Å². The van der Waals surface area contributed by atoms with E-state index in [1.165, 1.54) is 43.4 Å². The van der Waals surface area contributed by atoms with Crippen molar-refractivity contribution in [2.24, 2.45) is 0 Å². The van der Waals surface area contributed by atoms with Crippen molar-refractivity contribution in [1.29, 1.82) is 0 Å². The van der Waals surface area contributed by atoms with Crippen molar-refractivity contribution in [3.05, 3.63) is 170 Å². The summed E-state index contributed by atoms with van der Waals surface area (Å²) < 4.78 is 11.9. The lowest BCUT2D eigenvalue weighted by molar-refractivity contribution is 0.671. The summed E-state index contributed by atoms with van der Waals surface area (Å²) in [5, 5.41) is 13.9. The first kappa shape index (κ1) is 29.6. The van der Waals surface area contributed by atoms with E-state index in [1.54, 1.807) is 0 Å². The van der Waals surface area contributed by atoms with Gasteiger partial charge in [0.05, 0.1) is 33.1 Å². The van der Waals surface area contributed by atoms with Crippen molar-refractivity contribution in [2.45, 2.75) is 0 Å². The van der Waals surface area contributed by atoms with E-state index in [-0.39, 0.29) is 0 Å². The Morgan fingerprint density at radius 1 is 0.421 bits per heavy atom. The molecule has 0 aliphatic carbocycles. The van der Waals surface area contributed by atoms with Crippen LogP contribution in [0.3, 0.4) is 0 Å². The minimum atomic E-state index is 0.765. The predicted octanol–water partition coefficient (Wildman–Crippen LogP) is 13.7. The SMILES string of the molecule is c1ccc(-c2nc3ccc4ccccc4c3nc2-n2c3cc4ccccc4c4c5cccc6c7ccccc7n(c7cc8c9ccccc9oc8c2c7c43)c65)cc1. The predicted molar refractivity (Wildman–Crippen MR) is 236 cm³/mol. The van der Waals surface area contributed by atoms with Crippen LogP contribution in [0.2, 0.25) is 0 Å². The monoisotopic (exact) mass is 724 g/mol. The van der Waals surface area contributed by atoms with Gasteiger partial charge in [-0.3, -0.25) is 4.57 Å². The minimum absolute atomic E-state index is 0.765. The van der Waals surface area contributed by atoms with Crippen molar-refractivity contribution >= 4 is 114 Å². The van der Waals surface area contributed by atoms with Gasteiger partial charge in [0, 0.05) is 54.0 Å². The highest BCUT2D eigenvalue weighted by molar-refractivity contribution is 6.39. The number of aromatic nitrogens is 4. The Labute approximate surface area is 323 Å². The normalized spacial score (nSPS) is 12.6. The maximum absolute atomic E-state index is 7.06. The fraction of sp³-hybridized carbons (Fsp3) is 0. The molecule has 262 valence electrons. The highest BCUT2D eigenvalue weighted by Crippen LogP contribution is 2.50. The van der Waals surface area contributed by atoms with E-state index in [4.69, 9.17) is 14.4 Å². The summed E-state index contributed by atoms with van der Waals surface area (Å²) >= 11 is 0. The molecule has 0 N–H and O–H groups in total. The molecule has 0 radical (unpaired) electrons. The fourth-order valence-corrected chi connectivity index (χ4v) is 10.0. The van der Waals surface area contributed by atoms with E-state index in [2.05, 4.69) is 179 Å². The Hall–Kier alpha value is -7.76. The molecule has 0 spiro atoms. The maximum Gasteiger partial charge on any atom is 0.165 e. The standard InChI is InChI=1S/C52H28N4O/c1-2-14-30(15-3-1)47-52(54-48-33-18-7-4-13-29(33)25-26-39(48)53-47)56-41-27-31-16-5-6-17-32(31)44-37-22-12-21-36-34-19-8-10-23-40(34)55(49(36)37)42-28-38-35-20-9-11-24-43(35)57-51(38)50(56)46(42)45(41)44/h1-28H. The molecule has 0 bridgehead atoms. The third-order valence-electron chi connectivity index (χ3n) is 12.4. The Bertz CT molecular complexity index is 4040. The Morgan fingerprint density at radius 3 is 2.04 bits per heavy atom. The zero-order valence-corrected chi connectivity index (χ0v) is 30.4. The summed E-state index contributed by atoms with van der Waals surface area (Å²) in [5.41, 5.74) is 10.8. The molecule has 0 aliphatic rings. The first-order valence-electron chi connectivity index (χ1n) is 19.4. The molecule has 0 saturated heterocycles. The van der Waals surface area contributed by atoms with Gasteiger partial charge in [-0.15, -0.1) is 0 Å². The molecule has 0 unspecified atom stereocenters. The lowest BCUT2D eigenvalue weighted by atomic mass is 9.97. The van der Waals surface area contributed by atoms with Gasteiger partial charge in [0.1, 0.15) is 16.8 Å². The van der Waals surface area contributed by atoms with Crippen molar-refractivity contribution in [2.75, 3.05) is 0 Å². The highest BCUT2D eigenvalue weighted by Gasteiger charge is 2.29. The van der Waals surface area contributed by atoms with Crippen LogP contribution in [0.4, 0.5) is 0 Å². The van der Waals surface area contributed by atoms with Crippen LogP contribution in [0.1, 0.15) is 0 Å². The van der Waals surface area contributed by atoms with Gasteiger partial charge in [-0.25, -0.2) is 9.97 Å². The van der Waals surface area contributed by atoms with E-state index in [0.717, 1.165) is 88.1 Å². The molecule has 9 aromatic carbocycles. The molecule has 14 aromatic rings. The molecule has 0 aliphatic heterocycles. The van der Waals surface area contributed by atoms with E-state index in [1.807, 2.05) is 0 Å². The Balaban J connectivity index is 1.35. The average Bonchev–Trinajstić information content (AvgIpc) is 3.90. The van der Waals surface area contributed by atoms with Gasteiger partial charge in [-0.05, 0) is 46.5 Å². The van der Waals surface area contributed by atoms with Crippen LogP contribution in [0.25, 0.3) is 131 Å². The van der Waals surface area contributed by atoms with Crippen LogP contribution in [0.5, 0.6) is 0 Å². The zero-order chi connectivity index (χ0) is 36.9. The van der Waals surface area contributed by atoms with E-state index in [0.29, 0.717) is 0 Å². The smallest absolute Gasteiger partial charge is 0.165 e. The second-order valence-electron chi connectivity index (χ2n) is 15.3. The van der Waals surface area contributed by atoms with Crippen molar-refractivity contribution < 1.29 is 4.42 Å². The van der Waals surface area contributed by atoms with Crippen LogP contribution < -0.4 is 0 Å². The van der Waals surface area contributed by atoms with Gasteiger partial charge < -0.3 is 8.82 Å². The highest BCUT2D eigenvalue weighted by atomic mass is 16.3. The largest absolute Gasteiger partial charge is 0.454 e. The first-order chi connectivity index (χ1) is 28.3. The van der Waals surface area contributed by atoms with Gasteiger partial charge in [0.15, 0.2) is 11.4 Å². The Morgan fingerprint density at radius 2 is 1.14 bits per heavy atom. The molecule has 5 heteroatoms. The minimum Gasteiger partial charge on any atom is -0.454 e. The van der Waals surface area contributed by atoms with Crippen molar-refractivity contribution in [1.82, 2.24) is 18.9 Å². The lowest BCUT2D eigenvalue weighted by Crippen LogP contribution is -2.04. The van der Waals surface area contributed by atoms with Gasteiger partial charge in [-0.1, -0.05) is 140 Å². The number of rotatable bonds is 2. The molecule has 57 heavy (non-hydrogen) atoms. The molecular formula is C52H28N4O. The van der Waals surface area contributed by atoms with Gasteiger partial charge >= 0.3 is 0 Å². The molecule has 5 heterocycles. The van der Waals surface area contributed by atoms with Gasteiger partial charge in [-0.2, -0.15) is 0 Å². The third kappa shape index (κ3) is 3.69. The summed E-state index contributed by atoms with van der Waals surface area (Å²) in [4.78, 5) is 11.3. The number of para-hydroxylation sites is 3. The fourth-order valence-electron chi connectivity index (χ4n) is 10.0. The molecule has 0 amide bonds. The van der Waals surface area contributed by atoms with Gasteiger partial charge in [0.2, 0.25) is 0 Å². The van der Waals surface area contributed by atoms with Gasteiger partial charge in [0.25, 0.3) is 0 Å². The molecule has 5 nitrogen and oxygen atoms in total. The number of benzene rings is 9. The number of fused-ring (bicyclic) bond motifs is 14.